The van der Waals surface area contributed by atoms with Crippen molar-refractivity contribution in [3.8, 4) is 0 Å². The topological polar surface area (TPSA) is 38.2 Å². The lowest BCUT2D eigenvalue weighted by atomic mass is 10.2. The predicted octanol–water partition coefficient (Wildman–Crippen LogP) is 1.50. The summed E-state index contributed by atoms with van der Waals surface area (Å²) < 4.78 is 5.51. The number of aromatic nitrogens is 2. The number of nitrogens with zero attached hydrogens (tertiary/aromatic N) is 3. The lowest BCUT2D eigenvalue weighted by Gasteiger charge is -2.34. The van der Waals surface area contributed by atoms with Gasteiger partial charge in [0.2, 0.25) is 5.95 Å². The highest BCUT2D eigenvalue weighted by molar-refractivity contribution is 6.29. The van der Waals surface area contributed by atoms with Crippen LogP contribution in [0.25, 0.3) is 0 Å². The summed E-state index contributed by atoms with van der Waals surface area (Å²) in [6, 6.07) is 2.57. The van der Waals surface area contributed by atoms with Crippen molar-refractivity contribution >= 4 is 17.5 Å². The van der Waals surface area contributed by atoms with Crippen LogP contribution in [0.15, 0.2) is 12.3 Å². The predicted molar refractivity (Wildman–Crippen MR) is 57.2 cm³/mol. The summed E-state index contributed by atoms with van der Waals surface area (Å²) in [7, 11) is 0. The number of rotatable bonds is 1. The molecule has 4 nitrogen and oxygen atoms in total. The fraction of sp³-hybridized carbons (Fsp3) is 0.600. The molecule has 2 saturated heterocycles. The molecule has 0 saturated carbocycles. The Labute approximate surface area is 93.2 Å². The van der Waals surface area contributed by atoms with Gasteiger partial charge in [-0.25, -0.2) is 9.97 Å². The average Bonchev–Trinajstić information content (AvgIpc) is 2.49. The zero-order valence-corrected chi connectivity index (χ0v) is 9.02. The van der Waals surface area contributed by atoms with Gasteiger partial charge in [0.25, 0.3) is 0 Å². The molecule has 2 bridgehead atoms. The zero-order valence-electron chi connectivity index (χ0n) is 8.27. The van der Waals surface area contributed by atoms with Crippen LogP contribution in [0, 0.1) is 0 Å². The second-order valence-corrected chi connectivity index (χ2v) is 4.40. The molecule has 0 amide bonds. The van der Waals surface area contributed by atoms with Gasteiger partial charge >= 0.3 is 0 Å². The Morgan fingerprint density at radius 1 is 1.33 bits per heavy atom. The smallest absolute Gasteiger partial charge is 0.227 e. The van der Waals surface area contributed by atoms with Crippen molar-refractivity contribution in [2.75, 3.05) is 18.1 Å². The Hall–Kier alpha value is -0.870. The number of anilines is 1. The lowest BCUT2D eigenvalue weighted by Crippen LogP contribution is -2.46. The summed E-state index contributed by atoms with van der Waals surface area (Å²) in [5, 5.41) is 0.505. The Kier molecular flexibility index (Phi) is 2.25. The van der Waals surface area contributed by atoms with Crippen molar-refractivity contribution in [3.63, 3.8) is 0 Å². The molecule has 0 radical (unpaired) electrons. The van der Waals surface area contributed by atoms with Crippen molar-refractivity contribution < 1.29 is 4.74 Å². The van der Waals surface area contributed by atoms with Gasteiger partial charge in [0.15, 0.2) is 0 Å². The Bertz CT molecular complexity index is 357. The molecule has 80 valence electrons. The van der Waals surface area contributed by atoms with Crippen LogP contribution in [0.1, 0.15) is 12.8 Å². The van der Waals surface area contributed by atoms with Gasteiger partial charge in [-0.2, -0.15) is 0 Å². The van der Waals surface area contributed by atoms with E-state index >= 15 is 0 Å². The van der Waals surface area contributed by atoms with Gasteiger partial charge in [-0.3, -0.25) is 0 Å². The quantitative estimate of drug-likeness (QED) is 0.679. The number of hydrogen-bond donors (Lipinski definition) is 0. The summed E-state index contributed by atoms with van der Waals surface area (Å²) in [5.41, 5.74) is 0. The Morgan fingerprint density at radius 2 is 2.07 bits per heavy atom. The molecular formula is C10H12ClN3O. The third-order valence-corrected chi connectivity index (χ3v) is 3.29. The molecule has 2 aliphatic heterocycles. The number of fused-ring (bicyclic) bond motifs is 2. The highest BCUT2D eigenvalue weighted by Gasteiger charge is 2.38. The summed E-state index contributed by atoms with van der Waals surface area (Å²) in [4.78, 5) is 10.8. The van der Waals surface area contributed by atoms with Gasteiger partial charge in [-0.1, -0.05) is 11.6 Å². The Balaban J connectivity index is 1.93. The second-order valence-electron chi connectivity index (χ2n) is 4.01. The van der Waals surface area contributed by atoms with Crippen molar-refractivity contribution in [3.05, 3.63) is 17.4 Å². The molecule has 1 aromatic rings. The van der Waals surface area contributed by atoms with Gasteiger partial charge in [0, 0.05) is 6.20 Å². The van der Waals surface area contributed by atoms with E-state index < -0.39 is 0 Å². The molecule has 0 spiro atoms. The van der Waals surface area contributed by atoms with Crippen LogP contribution in [-0.2, 0) is 4.74 Å². The van der Waals surface area contributed by atoms with Gasteiger partial charge in [0.05, 0.1) is 25.3 Å². The van der Waals surface area contributed by atoms with Gasteiger partial charge in [-0.15, -0.1) is 0 Å². The van der Waals surface area contributed by atoms with E-state index in [9.17, 15) is 0 Å². The van der Waals surface area contributed by atoms with Crippen molar-refractivity contribution in [2.45, 2.75) is 24.9 Å². The summed E-state index contributed by atoms with van der Waals surface area (Å²) >= 11 is 5.87. The molecule has 3 rings (SSSR count). The van der Waals surface area contributed by atoms with Crippen LogP contribution in [-0.4, -0.2) is 35.3 Å². The van der Waals surface area contributed by atoms with Gasteiger partial charge in [0.1, 0.15) is 5.15 Å². The molecule has 2 atom stereocenters. The molecule has 0 aromatic carbocycles. The monoisotopic (exact) mass is 225 g/mol. The minimum atomic E-state index is 0.433. The summed E-state index contributed by atoms with van der Waals surface area (Å²) in [6.07, 6.45) is 4.04. The number of ether oxygens (including phenoxy) is 1. The molecule has 5 heteroatoms. The molecule has 2 aliphatic rings. The van der Waals surface area contributed by atoms with E-state index in [2.05, 4.69) is 14.9 Å². The highest BCUT2D eigenvalue weighted by Crippen LogP contribution is 2.31. The van der Waals surface area contributed by atoms with Gasteiger partial charge in [-0.05, 0) is 18.9 Å². The molecule has 0 aliphatic carbocycles. The number of halogens is 1. The SMILES string of the molecule is Clc1ccnc(N2[C@@H]3CC[C@H]2COC3)n1. The van der Waals surface area contributed by atoms with E-state index in [1.54, 1.807) is 12.3 Å². The third kappa shape index (κ3) is 1.58. The fourth-order valence-electron chi connectivity index (χ4n) is 2.41. The van der Waals surface area contributed by atoms with Crippen molar-refractivity contribution in [2.24, 2.45) is 0 Å². The van der Waals surface area contributed by atoms with Gasteiger partial charge < -0.3 is 9.64 Å². The average molecular weight is 226 g/mol. The van der Waals surface area contributed by atoms with E-state index in [1.165, 1.54) is 12.8 Å². The molecule has 3 heterocycles. The van der Waals surface area contributed by atoms with Crippen LogP contribution < -0.4 is 4.90 Å². The molecule has 15 heavy (non-hydrogen) atoms. The Morgan fingerprint density at radius 3 is 2.73 bits per heavy atom. The van der Waals surface area contributed by atoms with Crippen molar-refractivity contribution in [1.29, 1.82) is 0 Å². The first-order chi connectivity index (χ1) is 7.34. The summed E-state index contributed by atoms with van der Waals surface area (Å²) in [5.74, 6) is 0.748. The van der Waals surface area contributed by atoms with Crippen molar-refractivity contribution in [1.82, 2.24) is 9.97 Å². The largest absolute Gasteiger partial charge is 0.377 e. The molecular weight excluding hydrogens is 214 g/mol. The van der Waals surface area contributed by atoms with E-state index in [0.29, 0.717) is 17.2 Å². The van der Waals surface area contributed by atoms with Crippen LogP contribution >= 0.6 is 11.6 Å². The second kappa shape index (κ2) is 3.61. The number of hydrogen-bond acceptors (Lipinski definition) is 4. The maximum atomic E-state index is 5.87. The third-order valence-electron chi connectivity index (χ3n) is 3.08. The van der Waals surface area contributed by atoms with E-state index in [-0.39, 0.29) is 0 Å². The zero-order chi connectivity index (χ0) is 10.3. The standard InChI is InChI=1S/C10H12ClN3O/c11-9-3-4-12-10(13-9)14-7-1-2-8(14)6-15-5-7/h3-4,7-8H,1-2,5-6H2/t7-,8+. The first kappa shape index (κ1) is 9.36. The number of morpholine rings is 1. The maximum Gasteiger partial charge on any atom is 0.227 e. The fourth-order valence-corrected chi connectivity index (χ4v) is 2.54. The normalized spacial score (nSPS) is 29.5. The van der Waals surface area contributed by atoms with Crippen LogP contribution in [0.4, 0.5) is 5.95 Å². The molecule has 0 unspecified atom stereocenters. The van der Waals surface area contributed by atoms with Crippen LogP contribution in [0.2, 0.25) is 5.15 Å². The molecule has 2 fully saturated rings. The maximum absolute atomic E-state index is 5.87. The first-order valence-corrected chi connectivity index (χ1v) is 5.57. The van der Waals surface area contributed by atoms with Crippen LogP contribution in [0.3, 0.4) is 0 Å². The van der Waals surface area contributed by atoms with E-state index in [4.69, 9.17) is 16.3 Å². The highest BCUT2D eigenvalue weighted by atomic mass is 35.5. The summed E-state index contributed by atoms with van der Waals surface area (Å²) in [6.45, 7) is 1.57. The minimum absolute atomic E-state index is 0.433. The van der Waals surface area contributed by atoms with Crippen LogP contribution in [0.5, 0.6) is 0 Å². The molecule has 1 aromatic heterocycles. The lowest BCUT2D eigenvalue weighted by molar-refractivity contribution is 0.0897. The molecule has 0 N–H and O–H groups in total. The van der Waals surface area contributed by atoms with E-state index in [0.717, 1.165) is 19.2 Å². The first-order valence-electron chi connectivity index (χ1n) is 5.19. The minimum Gasteiger partial charge on any atom is -0.377 e. The van der Waals surface area contributed by atoms with E-state index in [1.807, 2.05) is 0 Å².